The van der Waals surface area contributed by atoms with Crippen LogP contribution in [0.4, 0.5) is 0 Å². The minimum atomic E-state index is -0.114. The first-order valence-electron chi connectivity index (χ1n) is 5.76. The monoisotopic (exact) mass is 212 g/mol. The lowest BCUT2D eigenvalue weighted by molar-refractivity contribution is -0.141. The normalized spacial score (nSPS) is 32.7. The number of hydrogen-bond donors (Lipinski definition) is 1. The molecule has 2 aliphatic rings. The lowest BCUT2D eigenvalue weighted by atomic mass is 10.1. The Hall–Kier alpha value is -0.610. The average molecular weight is 212 g/mol. The molecule has 86 valence electrons. The summed E-state index contributed by atoms with van der Waals surface area (Å²) in [6.07, 6.45) is 3.15. The summed E-state index contributed by atoms with van der Waals surface area (Å²) in [6, 6.07) is 1.53. The molecule has 1 heterocycles. The predicted octanol–water partition coefficient (Wildman–Crippen LogP) is 0.374. The van der Waals surface area contributed by atoms with Crippen LogP contribution >= 0.6 is 0 Å². The van der Waals surface area contributed by atoms with Crippen LogP contribution in [-0.4, -0.2) is 49.2 Å². The molecule has 2 fully saturated rings. The van der Waals surface area contributed by atoms with Gasteiger partial charge in [0, 0.05) is 31.2 Å². The standard InChI is InChI=1S/C11H20N2O2/c1-8-6-13(10-3-4-10)7-9(12-8)5-11(14)15-2/h8-10,12H,3-7H2,1-2H3. The molecule has 0 aromatic heterocycles. The number of piperazine rings is 1. The largest absolute Gasteiger partial charge is 0.469 e. The lowest BCUT2D eigenvalue weighted by Gasteiger charge is -2.37. The summed E-state index contributed by atoms with van der Waals surface area (Å²) in [7, 11) is 1.45. The summed E-state index contributed by atoms with van der Waals surface area (Å²) in [4.78, 5) is 13.7. The fraction of sp³-hybridized carbons (Fsp3) is 0.909. The van der Waals surface area contributed by atoms with Gasteiger partial charge in [-0.25, -0.2) is 0 Å². The van der Waals surface area contributed by atoms with Crippen LogP contribution in [-0.2, 0) is 9.53 Å². The maximum atomic E-state index is 11.2. The smallest absolute Gasteiger partial charge is 0.307 e. The number of hydrogen-bond acceptors (Lipinski definition) is 4. The van der Waals surface area contributed by atoms with Crippen molar-refractivity contribution in [3.8, 4) is 0 Å². The van der Waals surface area contributed by atoms with Gasteiger partial charge in [0.05, 0.1) is 13.5 Å². The first-order chi connectivity index (χ1) is 7.19. The molecule has 1 aliphatic carbocycles. The number of carbonyl (C=O) groups excluding carboxylic acids is 1. The predicted molar refractivity (Wildman–Crippen MR) is 57.6 cm³/mol. The molecule has 2 unspecified atom stereocenters. The van der Waals surface area contributed by atoms with Gasteiger partial charge in [-0.3, -0.25) is 9.69 Å². The van der Waals surface area contributed by atoms with Crippen molar-refractivity contribution in [3.05, 3.63) is 0 Å². The number of rotatable bonds is 3. The first-order valence-corrected chi connectivity index (χ1v) is 5.76. The highest BCUT2D eigenvalue weighted by atomic mass is 16.5. The average Bonchev–Trinajstić information content (AvgIpc) is 2.99. The highest BCUT2D eigenvalue weighted by molar-refractivity contribution is 5.70. The van der Waals surface area contributed by atoms with Gasteiger partial charge in [-0.15, -0.1) is 0 Å². The van der Waals surface area contributed by atoms with E-state index in [1.807, 2.05) is 0 Å². The molecule has 2 atom stereocenters. The van der Waals surface area contributed by atoms with Gasteiger partial charge in [-0.2, -0.15) is 0 Å². The maximum absolute atomic E-state index is 11.2. The number of carbonyl (C=O) groups is 1. The Kier molecular flexibility index (Phi) is 3.26. The minimum absolute atomic E-state index is 0.114. The Labute approximate surface area is 91.0 Å². The van der Waals surface area contributed by atoms with Crippen LogP contribution in [0, 0.1) is 0 Å². The molecule has 4 nitrogen and oxygen atoms in total. The van der Waals surface area contributed by atoms with Crippen molar-refractivity contribution >= 4 is 5.97 Å². The number of nitrogens with one attached hydrogen (secondary N) is 1. The van der Waals surface area contributed by atoms with E-state index in [0.717, 1.165) is 19.1 Å². The van der Waals surface area contributed by atoms with E-state index < -0.39 is 0 Å². The van der Waals surface area contributed by atoms with Gasteiger partial charge in [0.2, 0.25) is 0 Å². The second kappa shape index (κ2) is 4.49. The molecule has 0 spiro atoms. The van der Waals surface area contributed by atoms with Crippen LogP contribution in [0.15, 0.2) is 0 Å². The lowest BCUT2D eigenvalue weighted by Crippen LogP contribution is -2.56. The minimum Gasteiger partial charge on any atom is -0.469 e. The maximum Gasteiger partial charge on any atom is 0.307 e. The van der Waals surface area contributed by atoms with Crippen molar-refractivity contribution in [2.75, 3.05) is 20.2 Å². The van der Waals surface area contributed by atoms with Gasteiger partial charge in [0.25, 0.3) is 0 Å². The summed E-state index contributed by atoms with van der Waals surface area (Å²) in [5.74, 6) is -0.114. The third-order valence-electron chi connectivity index (χ3n) is 3.19. The Morgan fingerprint density at radius 1 is 1.47 bits per heavy atom. The summed E-state index contributed by atoms with van der Waals surface area (Å²) < 4.78 is 4.70. The summed E-state index contributed by atoms with van der Waals surface area (Å²) >= 11 is 0. The van der Waals surface area contributed by atoms with Crippen molar-refractivity contribution in [1.29, 1.82) is 0 Å². The summed E-state index contributed by atoms with van der Waals surface area (Å²) in [5.41, 5.74) is 0. The molecule has 0 bridgehead atoms. The van der Waals surface area contributed by atoms with E-state index in [0.29, 0.717) is 12.5 Å². The molecular weight excluding hydrogens is 192 g/mol. The van der Waals surface area contributed by atoms with Crippen molar-refractivity contribution in [1.82, 2.24) is 10.2 Å². The second-order valence-corrected chi connectivity index (χ2v) is 4.73. The van der Waals surface area contributed by atoms with Crippen molar-refractivity contribution in [2.45, 2.75) is 44.3 Å². The van der Waals surface area contributed by atoms with Crippen molar-refractivity contribution < 1.29 is 9.53 Å². The molecule has 0 amide bonds. The summed E-state index contributed by atoms with van der Waals surface area (Å²) in [5, 5.41) is 3.45. The molecule has 1 aliphatic heterocycles. The highest BCUT2D eigenvalue weighted by Gasteiger charge is 2.35. The van der Waals surface area contributed by atoms with E-state index in [1.54, 1.807) is 0 Å². The van der Waals surface area contributed by atoms with Gasteiger partial charge in [-0.05, 0) is 19.8 Å². The molecule has 15 heavy (non-hydrogen) atoms. The quantitative estimate of drug-likeness (QED) is 0.686. The number of methoxy groups -OCH3 is 1. The first kappa shape index (κ1) is 10.9. The van der Waals surface area contributed by atoms with Gasteiger partial charge in [0.1, 0.15) is 0 Å². The SMILES string of the molecule is COC(=O)CC1CN(C2CC2)CC(C)N1. The van der Waals surface area contributed by atoms with Gasteiger partial charge < -0.3 is 10.1 Å². The molecule has 2 rings (SSSR count). The Balaban J connectivity index is 1.85. The van der Waals surface area contributed by atoms with Crippen LogP contribution in [0.3, 0.4) is 0 Å². The van der Waals surface area contributed by atoms with E-state index in [4.69, 9.17) is 4.74 Å². The molecular formula is C11H20N2O2. The zero-order valence-corrected chi connectivity index (χ0v) is 9.53. The molecule has 0 aromatic carbocycles. The van der Waals surface area contributed by atoms with Crippen LogP contribution < -0.4 is 5.32 Å². The Bertz CT molecular complexity index is 241. The van der Waals surface area contributed by atoms with Gasteiger partial charge in [0.15, 0.2) is 0 Å². The van der Waals surface area contributed by atoms with Crippen LogP contribution in [0.25, 0.3) is 0 Å². The molecule has 1 N–H and O–H groups in total. The van der Waals surface area contributed by atoms with E-state index in [-0.39, 0.29) is 12.0 Å². The third-order valence-corrected chi connectivity index (χ3v) is 3.19. The zero-order valence-electron chi connectivity index (χ0n) is 9.53. The topological polar surface area (TPSA) is 41.6 Å². The number of esters is 1. The van der Waals surface area contributed by atoms with Crippen LogP contribution in [0.5, 0.6) is 0 Å². The Morgan fingerprint density at radius 3 is 2.80 bits per heavy atom. The molecule has 1 saturated heterocycles. The summed E-state index contributed by atoms with van der Waals surface area (Å²) in [6.45, 7) is 4.28. The van der Waals surface area contributed by atoms with Crippen LogP contribution in [0.2, 0.25) is 0 Å². The zero-order chi connectivity index (χ0) is 10.8. The third kappa shape index (κ3) is 2.92. The van der Waals surface area contributed by atoms with Crippen molar-refractivity contribution in [3.63, 3.8) is 0 Å². The van der Waals surface area contributed by atoms with Gasteiger partial charge >= 0.3 is 5.97 Å². The second-order valence-electron chi connectivity index (χ2n) is 4.73. The van der Waals surface area contributed by atoms with E-state index in [9.17, 15) is 4.79 Å². The molecule has 4 heteroatoms. The number of nitrogens with zero attached hydrogens (tertiary/aromatic N) is 1. The molecule has 1 saturated carbocycles. The van der Waals surface area contributed by atoms with Crippen LogP contribution in [0.1, 0.15) is 26.2 Å². The fourth-order valence-corrected chi connectivity index (χ4v) is 2.36. The van der Waals surface area contributed by atoms with Gasteiger partial charge in [-0.1, -0.05) is 0 Å². The highest BCUT2D eigenvalue weighted by Crippen LogP contribution is 2.28. The van der Waals surface area contributed by atoms with E-state index in [1.165, 1.54) is 20.0 Å². The fourth-order valence-electron chi connectivity index (χ4n) is 2.36. The number of ether oxygens (including phenoxy) is 1. The Morgan fingerprint density at radius 2 is 2.20 bits per heavy atom. The van der Waals surface area contributed by atoms with E-state index >= 15 is 0 Å². The molecule has 0 aromatic rings. The van der Waals surface area contributed by atoms with Crippen molar-refractivity contribution in [2.24, 2.45) is 0 Å². The van der Waals surface area contributed by atoms with E-state index in [2.05, 4.69) is 17.1 Å². The molecule has 0 radical (unpaired) electrons.